The van der Waals surface area contributed by atoms with Gasteiger partial charge in [-0.05, 0) is 122 Å². The van der Waals surface area contributed by atoms with Crippen molar-refractivity contribution in [1.82, 2.24) is 0 Å². The summed E-state index contributed by atoms with van der Waals surface area (Å²) in [5.74, 6) is 3.53. The van der Waals surface area contributed by atoms with Gasteiger partial charge in [0.15, 0.2) is 13.1 Å². The molecule has 0 aromatic rings. The number of likely N-dealkylation sites (N-methyl/N-ethyl adjacent to an activating group) is 2. The largest absolute Gasteiger partial charge is 1.00 e. The molecule has 0 amide bonds. The van der Waals surface area contributed by atoms with Gasteiger partial charge in [-0.3, -0.25) is 0 Å². The molecule has 0 aromatic carbocycles. The van der Waals surface area contributed by atoms with Crippen molar-refractivity contribution < 1.29 is 72.2 Å². The van der Waals surface area contributed by atoms with Crippen molar-refractivity contribution in [3.63, 3.8) is 0 Å². The number of aliphatic hydroxyl groups is 2. The molecule has 0 aliphatic heterocycles. The van der Waals surface area contributed by atoms with E-state index in [2.05, 4.69) is 48.1 Å². The van der Waals surface area contributed by atoms with Gasteiger partial charge in [0.25, 0.3) is 0 Å². The Labute approximate surface area is 337 Å². The molecule has 5 aliphatic carbocycles. The summed E-state index contributed by atoms with van der Waals surface area (Å²) in [7, 11) is 7.90. The number of ether oxygens (including phenoxy) is 2. The van der Waals surface area contributed by atoms with Gasteiger partial charge in [0.1, 0.15) is 19.2 Å². The van der Waals surface area contributed by atoms with Gasteiger partial charge in [-0.2, -0.15) is 0 Å². The Kier molecular flexibility index (Phi) is 14.6. The van der Waals surface area contributed by atoms with Gasteiger partial charge in [-0.1, -0.05) is 46.8 Å². The van der Waals surface area contributed by atoms with Crippen molar-refractivity contribution in [2.24, 2.45) is 63.1 Å². The summed E-state index contributed by atoms with van der Waals surface area (Å²) in [4.78, 5) is 26.1. The van der Waals surface area contributed by atoms with Crippen molar-refractivity contribution in [1.29, 1.82) is 0 Å². The van der Waals surface area contributed by atoms with E-state index in [1.807, 2.05) is 28.2 Å². The molecule has 11 atom stereocenters. The predicted octanol–water partition coefficient (Wildman–Crippen LogP) is 0.100. The molecule has 0 heterocycles. The van der Waals surface area contributed by atoms with Crippen LogP contribution in [0.25, 0.3) is 0 Å². The summed E-state index contributed by atoms with van der Waals surface area (Å²) in [5, 5.41) is 18.9. The number of hydrogen-bond acceptors (Lipinski definition) is 6. The van der Waals surface area contributed by atoms with Crippen LogP contribution in [0.15, 0.2) is 12.2 Å². The summed E-state index contributed by atoms with van der Waals surface area (Å²) < 4.78 is 13.2. The monoisotopic (exact) mass is 860 g/mol. The molecule has 0 saturated heterocycles. The molecule has 5 fully saturated rings. The second-order valence-corrected chi connectivity index (χ2v) is 20.5. The zero-order chi connectivity index (χ0) is 37.1. The van der Waals surface area contributed by atoms with Crippen molar-refractivity contribution in [2.75, 3.05) is 74.2 Å². The smallest absolute Gasteiger partial charge is 0.362 e. The lowest BCUT2D eigenvalue weighted by atomic mass is 9.33. The SMILES string of the molecule is C=C(C)C1CC(COC(=O)C[N+](C)(C)CCO)C2CC[C@@]3(C)C(CCC4[C@@]5(C)CCC(OC(=O)C[N+](C)(C)CCO)C(C)(C)C5CC[C@]43C)C12.[Br-].[Br-]. The maximum Gasteiger partial charge on any atom is 0.362 e. The molecule has 0 aromatic heterocycles. The van der Waals surface area contributed by atoms with Gasteiger partial charge in [0, 0.05) is 5.41 Å². The fourth-order valence-corrected chi connectivity index (χ4v) is 13.6. The molecule has 302 valence electrons. The average Bonchev–Trinajstić information content (AvgIpc) is 3.36. The zero-order valence-electron chi connectivity index (χ0n) is 34.3. The Morgan fingerprint density at radius 2 is 1.35 bits per heavy atom. The second-order valence-electron chi connectivity index (χ2n) is 20.5. The molecule has 10 heteroatoms. The number of carbonyl (C=O) groups excluding carboxylic acids is 2. The lowest BCUT2D eigenvalue weighted by molar-refractivity contribution is -0.883. The molecule has 5 rings (SSSR count). The predicted molar refractivity (Wildman–Crippen MR) is 198 cm³/mol. The average molecular weight is 863 g/mol. The first-order valence-electron chi connectivity index (χ1n) is 20.0. The molecule has 8 unspecified atom stereocenters. The molecular weight excluding hydrogens is 788 g/mol. The number of aliphatic hydroxyl groups excluding tert-OH is 2. The lowest BCUT2D eigenvalue weighted by Gasteiger charge is -2.72. The molecule has 8 nitrogen and oxygen atoms in total. The van der Waals surface area contributed by atoms with Crippen molar-refractivity contribution in [2.45, 2.75) is 105 Å². The van der Waals surface area contributed by atoms with E-state index in [-0.39, 0.29) is 100.0 Å². The van der Waals surface area contributed by atoms with Crippen molar-refractivity contribution >= 4 is 11.9 Å². The van der Waals surface area contributed by atoms with Crippen LogP contribution in [0.5, 0.6) is 0 Å². The van der Waals surface area contributed by atoms with Crippen LogP contribution in [0.2, 0.25) is 0 Å². The maximum absolute atomic E-state index is 13.2. The van der Waals surface area contributed by atoms with Gasteiger partial charge in [0.2, 0.25) is 0 Å². The minimum absolute atomic E-state index is 0. The Bertz CT molecular complexity index is 1290. The number of quaternary nitrogens is 2. The number of nitrogens with zero attached hydrogens (tertiary/aromatic N) is 2. The highest BCUT2D eigenvalue weighted by Crippen LogP contribution is 2.76. The zero-order valence-corrected chi connectivity index (χ0v) is 37.5. The van der Waals surface area contributed by atoms with Gasteiger partial charge in [-0.25, -0.2) is 9.59 Å². The van der Waals surface area contributed by atoms with Gasteiger partial charge in [0.05, 0.1) is 48.0 Å². The fourth-order valence-electron chi connectivity index (χ4n) is 13.6. The van der Waals surface area contributed by atoms with Crippen LogP contribution in [-0.4, -0.2) is 111 Å². The van der Waals surface area contributed by atoms with Crippen LogP contribution in [0.1, 0.15) is 99.3 Å². The first-order valence-corrected chi connectivity index (χ1v) is 20.0. The van der Waals surface area contributed by atoms with E-state index in [1.165, 1.54) is 44.1 Å². The third-order valence-corrected chi connectivity index (χ3v) is 16.3. The third-order valence-electron chi connectivity index (χ3n) is 16.3. The van der Waals surface area contributed by atoms with Gasteiger partial charge >= 0.3 is 11.9 Å². The van der Waals surface area contributed by atoms with E-state index in [1.54, 1.807) is 0 Å². The van der Waals surface area contributed by atoms with Crippen LogP contribution in [-0.2, 0) is 19.1 Å². The number of carbonyl (C=O) groups is 2. The fraction of sp³-hybridized carbons (Fsp3) is 0.905. The third kappa shape index (κ3) is 8.28. The van der Waals surface area contributed by atoms with Gasteiger partial charge in [-0.15, -0.1) is 0 Å². The van der Waals surface area contributed by atoms with E-state index in [0.29, 0.717) is 70.1 Å². The maximum atomic E-state index is 13.2. The van der Waals surface area contributed by atoms with Gasteiger partial charge < -0.3 is 62.6 Å². The molecular formula is C42H74Br2N2O6. The Morgan fingerprint density at radius 1 is 0.769 bits per heavy atom. The summed E-state index contributed by atoms with van der Waals surface area (Å²) in [5.41, 5.74) is 1.91. The summed E-state index contributed by atoms with van der Waals surface area (Å²) in [6, 6.07) is 0. The Balaban J connectivity index is 0.00000364. The molecule has 52 heavy (non-hydrogen) atoms. The van der Waals surface area contributed by atoms with E-state index in [9.17, 15) is 19.8 Å². The minimum atomic E-state index is -0.158. The molecule has 5 saturated carbocycles. The summed E-state index contributed by atoms with van der Waals surface area (Å²) in [6.07, 6.45) is 10.4. The molecule has 5 aliphatic rings. The number of fused-ring (bicyclic) bond motifs is 7. The number of hydrogen-bond donors (Lipinski definition) is 2. The number of rotatable bonds is 12. The first-order chi connectivity index (χ1) is 23.2. The minimum Gasteiger partial charge on any atom is -1.00 e. The summed E-state index contributed by atoms with van der Waals surface area (Å²) in [6.45, 7) is 21.7. The highest BCUT2D eigenvalue weighted by atomic mass is 79.9. The lowest BCUT2D eigenvalue weighted by Crippen LogP contribution is -3.00. The van der Waals surface area contributed by atoms with Crippen LogP contribution in [0.3, 0.4) is 0 Å². The van der Waals surface area contributed by atoms with Crippen LogP contribution in [0.4, 0.5) is 0 Å². The highest BCUT2D eigenvalue weighted by Gasteiger charge is 2.70. The molecule has 2 N–H and O–H groups in total. The first kappa shape index (κ1) is 45.9. The van der Waals surface area contributed by atoms with E-state index >= 15 is 0 Å². The topological polar surface area (TPSA) is 93.1 Å². The van der Waals surface area contributed by atoms with E-state index < -0.39 is 0 Å². The van der Waals surface area contributed by atoms with Crippen LogP contribution < -0.4 is 34.0 Å². The number of esters is 2. The van der Waals surface area contributed by atoms with E-state index in [4.69, 9.17) is 9.47 Å². The molecule has 0 spiro atoms. The quantitative estimate of drug-likeness (QED) is 0.165. The highest BCUT2D eigenvalue weighted by molar-refractivity contribution is 5.71. The molecule has 0 radical (unpaired) electrons. The Hall–Kier alpha value is -0.520. The molecule has 0 bridgehead atoms. The number of halogens is 2. The summed E-state index contributed by atoms with van der Waals surface area (Å²) >= 11 is 0. The van der Waals surface area contributed by atoms with Crippen LogP contribution in [0, 0.1) is 63.1 Å². The normalized spacial score (nSPS) is 39.3. The Morgan fingerprint density at radius 3 is 1.92 bits per heavy atom. The van der Waals surface area contributed by atoms with Crippen molar-refractivity contribution in [3.05, 3.63) is 12.2 Å². The van der Waals surface area contributed by atoms with Crippen LogP contribution >= 0.6 is 0 Å². The second kappa shape index (κ2) is 16.5. The van der Waals surface area contributed by atoms with Crippen molar-refractivity contribution in [3.8, 4) is 0 Å². The number of allylic oxidation sites excluding steroid dienone is 1. The van der Waals surface area contributed by atoms with E-state index in [0.717, 1.165) is 19.3 Å². The standard InChI is InChI=1S/C42H74N2O6.2BrH/c1-28(2)31-24-29(27-49-36(47)25-43(8,9)20-22-45)30-14-18-41(6)32(38(30)31)12-13-34-40(5)17-16-35(50-37(48)26-44(10,11)21-23-46)39(3,4)33(40)15-19-42(34,41)7;;/h29-35,38,45-46H,1,12-27H2,2-11H3;2*1H/q+2;;/p-2/t29?,30?,31?,32?,33?,34?,35?,38?,40-,41-,42+;;/m0../s1.